The molecule has 27 heavy (non-hydrogen) atoms. The van der Waals surface area contributed by atoms with Gasteiger partial charge in [-0.3, -0.25) is 5.10 Å². The normalized spacial score (nSPS) is 11.3. The van der Waals surface area contributed by atoms with Crippen LogP contribution >= 0.6 is 11.8 Å². The third kappa shape index (κ3) is 4.68. The van der Waals surface area contributed by atoms with Crippen LogP contribution in [0, 0.1) is 0 Å². The monoisotopic (exact) mass is 382 g/mol. The highest BCUT2D eigenvalue weighted by Gasteiger charge is 2.12. The molecule has 0 aliphatic heterocycles. The first-order valence-corrected chi connectivity index (χ1v) is 8.72. The van der Waals surface area contributed by atoms with Crippen molar-refractivity contribution in [2.45, 2.75) is 5.16 Å². The predicted molar refractivity (Wildman–Crippen MR) is 100 cm³/mol. The third-order valence-corrected chi connectivity index (χ3v) is 4.46. The minimum atomic E-state index is -1.29. The number of carbonyl (C=O) groups is 1. The van der Waals surface area contributed by atoms with Gasteiger partial charge in [0.25, 0.3) is 0 Å². The maximum absolute atomic E-state index is 11.5. The molecule has 0 aliphatic carbocycles. The predicted octanol–water partition coefficient (Wildman–Crippen LogP) is 2.37. The average Bonchev–Trinajstić information content (AvgIpc) is 3.16. The summed E-state index contributed by atoms with van der Waals surface area (Å²) in [5.41, 5.74) is 1.45. The molecule has 0 spiro atoms. The van der Waals surface area contributed by atoms with Gasteiger partial charge in [-0.05, 0) is 35.5 Å². The van der Waals surface area contributed by atoms with Crippen molar-refractivity contribution in [2.24, 2.45) is 0 Å². The quantitative estimate of drug-likeness (QED) is 0.494. The first-order chi connectivity index (χ1) is 13.1. The van der Waals surface area contributed by atoms with Gasteiger partial charge < -0.3 is 19.4 Å². The second-order valence-electron chi connectivity index (χ2n) is 5.38. The molecule has 1 N–H and O–H groups in total. The van der Waals surface area contributed by atoms with Gasteiger partial charge in [-0.2, -0.15) is 0 Å². The molecule has 0 amide bonds. The fourth-order valence-electron chi connectivity index (χ4n) is 2.29. The van der Waals surface area contributed by atoms with Crippen LogP contribution in [0.15, 0.2) is 58.6 Å². The Balaban J connectivity index is 1.87. The Hall–Kier alpha value is -3.26. The van der Waals surface area contributed by atoms with Crippen molar-refractivity contribution >= 4 is 23.8 Å². The molecule has 0 aliphatic rings. The van der Waals surface area contributed by atoms with Crippen molar-refractivity contribution in [1.82, 2.24) is 15.2 Å². The molecule has 8 heteroatoms. The number of benzene rings is 2. The summed E-state index contributed by atoms with van der Waals surface area (Å²) in [6.45, 7) is 0. The highest BCUT2D eigenvalue weighted by atomic mass is 32.2. The highest BCUT2D eigenvalue weighted by molar-refractivity contribution is 8.04. The second-order valence-corrected chi connectivity index (χ2v) is 6.39. The van der Waals surface area contributed by atoms with Crippen LogP contribution in [0.1, 0.15) is 5.56 Å². The van der Waals surface area contributed by atoms with Crippen molar-refractivity contribution < 1.29 is 19.4 Å². The zero-order valence-electron chi connectivity index (χ0n) is 14.6. The van der Waals surface area contributed by atoms with Gasteiger partial charge in [-0.25, -0.2) is 4.98 Å². The van der Waals surface area contributed by atoms with Gasteiger partial charge in [0.05, 0.1) is 20.2 Å². The van der Waals surface area contributed by atoms with Crippen molar-refractivity contribution in [3.8, 4) is 22.9 Å². The molecule has 3 rings (SSSR count). The van der Waals surface area contributed by atoms with E-state index in [0.717, 1.165) is 17.3 Å². The van der Waals surface area contributed by atoms with Crippen LogP contribution in [0.25, 0.3) is 17.5 Å². The van der Waals surface area contributed by atoms with E-state index >= 15 is 0 Å². The minimum Gasteiger partial charge on any atom is -0.544 e. The van der Waals surface area contributed by atoms with Crippen molar-refractivity contribution in [3.05, 3.63) is 59.0 Å². The maximum Gasteiger partial charge on any atom is 0.213 e. The SMILES string of the molecule is COc1cc(OC)cc(-c2nc(S/C(=C/c3ccccc3)C(=O)[O-])n[nH]2)c1. The second kappa shape index (κ2) is 8.41. The van der Waals surface area contributed by atoms with Gasteiger partial charge in [0, 0.05) is 16.5 Å². The number of H-pyrrole nitrogens is 1. The number of carbonyl (C=O) groups excluding carboxylic acids is 1. The number of aromatic amines is 1. The summed E-state index contributed by atoms with van der Waals surface area (Å²) in [7, 11) is 3.11. The van der Waals surface area contributed by atoms with Crippen LogP contribution in [-0.4, -0.2) is 35.4 Å². The number of nitrogens with zero attached hydrogens (tertiary/aromatic N) is 2. The lowest BCUT2D eigenvalue weighted by Gasteiger charge is -2.06. The van der Waals surface area contributed by atoms with E-state index in [1.165, 1.54) is 6.08 Å². The van der Waals surface area contributed by atoms with Gasteiger partial charge in [-0.15, -0.1) is 5.10 Å². The molecule has 2 aromatic carbocycles. The zero-order chi connectivity index (χ0) is 19.2. The Morgan fingerprint density at radius 2 is 1.78 bits per heavy atom. The molecule has 0 saturated carbocycles. The van der Waals surface area contributed by atoms with Gasteiger partial charge in [-0.1, -0.05) is 30.3 Å². The number of aromatic nitrogens is 3. The summed E-state index contributed by atoms with van der Waals surface area (Å²) in [5.74, 6) is 0.383. The summed E-state index contributed by atoms with van der Waals surface area (Å²) in [5, 5.41) is 18.6. The summed E-state index contributed by atoms with van der Waals surface area (Å²) in [6.07, 6.45) is 1.52. The molecule has 0 bridgehead atoms. The molecular weight excluding hydrogens is 366 g/mol. The largest absolute Gasteiger partial charge is 0.544 e. The Labute approximate surface area is 160 Å². The molecule has 1 heterocycles. The summed E-state index contributed by atoms with van der Waals surface area (Å²) in [4.78, 5) is 15.8. The maximum atomic E-state index is 11.5. The zero-order valence-corrected chi connectivity index (χ0v) is 15.4. The van der Waals surface area contributed by atoms with Gasteiger partial charge >= 0.3 is 0 Å². The van der Waals surface area contributed by atoms with E-state index in [1.54, 1.807) is 44.6 Å². The van der Waals surface area contributed by atoms with E-state index in [2.05, 4.69) is 15.2 Å². The highest BCUT2D eigenvalue weighted by Crippen LogP contribution is 2.30. The van der Waals surface area contributed by atoms with Crippen molar-refractivity contribution in [2.75, 3.05) is 14.2 Å². The Kier molecular flexibility index (Phi) is 5.77. The van der Waals surface area contributed by atoms with E-state index < -0.39 is 5.97 Å². The number of carboxylic acid groups (broad SMARTS) is 1. The average molecular weight is 382 g/mol. The Bertz CT molecular complexity index is 948. The molecule has 0 atom stereocenters. The lowest BCUT2D eigenvalue weighted by atomic mass is 10.2. The summed E-state index contributed by atoms with van der Waals surface area (Å²) >= 11 is 0.910. The molecule has 3 aromatic rings. The smallest absolute Gasteiger partial charge is 0.213 e. The van der Waals surface area contributed by atoms with Crippen LogP contribution in [-0.2, 0) is 4.79 Å². The van der Waals surface area contributed by atoms with E-state index in [0.29, 0.717) is 22.9 Å². The van der Waals surface area contributed by atoms with Crippen LogP contribution in [0.5, 0.6) is 11.5 Å². The first kappa shape index (κ1) is 18.5. The molecule has 0 radical (unpaired) electrons. The van der Waals surface area contributed by atoms with E-state index in [4.69, 9.17) is 9.47 Å². The van der Waals surface area contributed by atoms with Crippen molar-refractivity contribution in [1.29, 1.82) is 0 Å². The van der Waals surface area contributed by atoms with Crippen LogP contribution in [0.3, 0.4) is 0 Å². The molecule has 1 aromatic heterocycles. The molecule has 7 nitrogen and oxygen atoms in total. The number of nitrogens with one attached hydrogen (secondary N) is 1. The standard InChI is InChI=1S/C19H17N3O4S/c1-25-14-9-13(10-15(11-14)26-2)17-20-19(22-21-17)27-16(18(23)24)8-12-6-4-3-5-7-12/h3-11H,1-2H3,(H,23,24)(H,20,21,22)/p-1/b16-8+. The van der Waals surface area contributed by atoms with Gasteiger partial charge in [0.2, 0.25) is 5.16 Å². The summed E-state index contributed by atoms with van der Waals surface area (Å²) in [6, 6.07) is 14.4. The molecule has 0 saturated heterocycles. The van der Waals surface area contributed by atoms with Crippen LogP contribution < -0.4 is 14.6 Å². The van der Waals surface area contributed by atoms with Gasteiger partial charge in [0.1, 0.15) is 11.5 Å². The fraction of sp³-hybridized carbons (Fsp3) is 0.105. The number of ether oxygens (including phenoxy) is 2. The van der Waals surface area contributed by atoms with E-state index in [-0.39, 0.29) is 10.1 Å². The minimum absolute atomic E-state index is 0.00923. The van der Waals surface area contributed by atoms with Crippen LogP contribution in [0.2, 0.25) is 0 Å². The fourth-order valence-corrected chi connectivity index (χ4v) is 3.00. The van der Waals surface area contributed by atoms with Crippen LogP contribution in [0.4, 0.5) is 0 Å². The number of hydrogen-bond donors (Lipinski definition) is 1. The van der Waals surface area contributed by atoms with E-state index in [9.17, 15) is 9.90 Å². The molecule has 0 fully saturated rings. The number of carboxylic acids is 1. The first-order valence-electron chi connectivity index (χ1n) is 7.91. The van der Waals surface area contributed by atoms with E-state index in [1.807, 2.05) is 18.2 Å². The summed E-state index contributed by atoms with van der Waals surface area (Å²) < 4.78 is 10.5. The topological polar surface area (TPSA) is 100 Å². The lowest BCUT2D eigenvalue weighted by Crippen LogP contribution is -2.23. The number of thioether (sulfide) groups is 1. The van der Waals surface area contributed by atoms with Crippen molar-refractivity contribution in [3.63, 3.8) is 0 Å². The Morgan fingerprint density at radius 1 is 1.11 bits per heavy atom. The lowest BCUT2D eigenvalue weighted by molar-refractivity contribution is -0.297. The molecule has 0 unspecified atom stereocenters. The van der Waals surface area contributed by atoms with Gasteiger partial charge in [0.15, 0.2) is 5.82 Å². The number of rotatable bonds is 7. The Morgan fingerprint density at radius 3 is 2.37 bits per heavy atom. The molecule has 138 valence electrons. The number of methoxy groups -OCH3 is 2. The third-order valence-electron chi connectivity index (χ3n) is 3.59. The number of aliphatic carboxylic acids is 1. The number of hydrogen-bond acceptors (Lipinski definition) is 7. The molecular formula is C19H16N3O4S-.